The Morgan fingerprint density at radius 2 is 1.74 bits per heavy atom. The summed E-state index contributed by atoms with van der Waals surface area (Å²) in [5.74, 6) is -0.714. The number of amides is 3. The molecule has 3 aromatic rings. The zero-order valence-electron chi connectivity index (χ0n) is 17.6. The van der Waals surface area contributed by atoms with Gasteiger partial charge < -0.3 is 5.73 Å². The molecular formula is C22H17F3N4O4S. The van der Waals surface area contributed by atoms with E-state index in [1.165, 1.54) is 11.1 Å². The predicted molar refractivity (Wildman–Crippen MR) is 118 cm³/mol. The van der Waals surface area contributed by atoms with Gasteiger partial charge in [-0.3, -0.25) is 14.7 Å². The number of pyridine rings is 1. The summed E-state index contributed by atoms with van der Waals surface area (Å²) in [5.41, 5.74) is 0.697. The number of hydrogen-bond acceptors (Lipinski definition) is 6. The Kier molecular flexibility index (Phi) is 4.50. The maximum absolute atomic E-state index is 13.6. The van der Waals surface area contributed by atoms with Crippen molar-refractivity contribution in [3.63, 3.8) is 0 Å². The number of carbonyl (C=O) groups excluding carboxylic acids is 2. The van der Waals surface area contributed by atoms with Crippen LogP contribution in [0.2, 0.25) is 0 Å². The summed E-state index contributed by atoms with van der Waals surface area (Å²) in [4.78, 5) is 32.6. The van der Waals surface area contributed by atoms with E-state index >= 15 is 0 Å². The number of rotatable bonds is 3. The quantitative estimate of drug-likeness (QED) is 0.441. The number of hydrogen-bond donors (Lipinski definition) is 1. The van der Waals surface area contributed by atoms with Crippen molar-refractivity contribution in [2.45, 2.75) is 29.3 Å². The standard InChI is InChI=1S/C22H17F3N4O4S/c1-12-11-21(12)19(30)28(14-3-5-15(6-4-14)34(32,33)22(23,24)25)20(31)29(21)18-8-9-27-17-7-2-13(26)10-16(17)18/h2-10,12H,11,26H2,1H3. The Balaban J connectivity index is 1.60. The molecule has 176 valence electrons. The number of benzene rings is 2. The third-order valence-electron chi connectivity index (χ3n) is 6.32. The first-order chi connectivity index (χ1) is 15.9. The average molecular weight is 490 g/mol. The Morgan fingerprint density at radius 3 is 2.32 bits per heavy atom. The second kappa shape index (κ2) is 6.92. The molecular weight excluding hydrogens is 473 g/mol. The van der Waals surface area contributed by atoms with Crippen molar-refractivity contribution in [1.82, 2.24) is 4.98 Å². The molecule has 1 aromatic heterocycles. The first-order valence-corrected chi connectivity index (χ1v) is 11.6. The fourth-order valence-electron chi connectivity index (χ4n) is 4.46. The number of fused-ring (bicyclic) bond motifs is 1. The van der Waals surface area contributed by atoms with Crippen LogP contribution in [-0.2, 0) is 14.6 Å². The second-order valence-corrected chi connectivity index (χ2v) is 10.3. The summed E-state index contributed by atoms with van der Waals surface area (Å²) >= 11 is 0. The lowest BCUT2D eigenvalue weighted by atomic mass is 10.1. The first kappa shape index (κ1) is 22.1. The molecule has 34 heavy (non-hydrogen) atoms. The molecule has 2 unspecified atom stereocenters. The Labute approximate surface area is 191 Å². The molecule has 2 N–H and O–H groups in total. The SMILES string of the molecule is CC1CC12C(=O)N(c1ccc(S(=O)(=O)C(F)(F)F)cc1)C(=O)N2c1ccnc2ccc(N)cc12. The van der Waals surface area contributed by atoms with Crippen LogP contribution in [0.3, 0.4) is 0 Å². The minimum atomic E-state index is -5.56. The van der Waals surface area contributed by atoms with Crippen molar-refractivity contribution in [2.24, 2.45) is 5.92 Å². The number of urea groups is 1. The number of anilines is 3. The molecule has 1 saturated heterocycles. The number of imide groups is 1. The lowest BCUT2D eigenvalue weighted by Gasteiger charge is -2.23. The maximum atomic E-state index is 13.6. The summed E-state index contributed by atoms with van der Waals surface area (Å²) < 4.78 is 61.9. The number of carbonyl (C=O) groups is 2. The van der Waals surface area contributed by atoms with Crippen molar-refractivity contribution in [3.8, 4) is 0 Å². The predicted octanol–water partition coefficient (Wildman–Crippen LogP) is 3.86. The van der Waals surface area contributed by atoms with Gasteiger partial charge in [0.05, 0.1) is 21.8 Å². The summed E-state index contributed by atoms with van der Waals surface area (Å²) in [5, 5.41) is 0.565. The van der Waals surface area contributed by atoms with Crippen molar-refractivity contribution >= 4 is 49.7 Å². The van der Waals surface area contributed by atoms with Crippen LogP contribution < -0.4 is 15.5 Å². The number of halogens is 3. The highest BCUT2D eigenvalue weighted by atomic mass is 32.2. The van der Waals surface area contributed by atoms with E-state index in [-0.39, 0.29) is 11.6 Å². The third-order valence-corrected chi connectivity index (χ3v) is 7.82. The number of nitrogens with two attached hydrogens (primary N) is 1. The van der Waals surface area contributed by atoms with Crippen molar-refractivity contribution < 1.29 is 31.2 Å². The molecule has 2 aromatic carbocycles. The molecule has 8 nitrogen and oxygen atoms in total. The fourth-order valence-corrected chi connectivity index (χ4v) is 5.22. The van der Waals surface area contributed by atoms with Gasteiger partial charge in [-0.15, -0.1) is 0 Å². The van der Waals surface area contributed by atoms with Crippen LogP contribution in [0.15, 0.2) is 59.6 Å². The van der Waals surface area contributed by atoms with Crippen LogP contribution in [0.5, 0.6) is 0 Å². The Bertz CT molecular complexity index is 1470. The van der Waals surface area contributed by atoms with Gasteiger partial charge in [-0.1, -0.05) is 6.92 Å². The summed E-state index contributed by atoms with van der Waals surface area (Å²) in [6.45, 7) is 1.82. The van der Waals surface area contributed by atoms with E-state index in [0.717, 1.165) is 29.2 Å². The summed E-state index contributed by atoms with van der Waals surface area (Å²) in [7, 11) is -5.56. The molecule has 1 aliphatic carbocycles. The highest BCUT2D eigenvalue weighted by Crippen LogP contribution is 2.56. The highest BCUT2D eigenvalue weighted by Gasteiger charge is 2.70. The first-order valence-electron chi connectivity index (χ1n) is 10.1. The van der Waals surface area contributed by atoms with Crippen molar-refractivity contribution in [3.05, 3.63) is 54.7 Å². The molecule has 3 amide bonds. The molecule has 2 atom stereocenters. The lowest BCUT2D eigenvalue weighted by molar-refractivity contribution is -0.119. The van der Waals surface area contributed by atoms with Gasteiger partial charge >= 0.3 is 11.5 Å². The zero-order chi connectivity index (χ0) is 24.6. The normalized spacial score (nSPS) is 22.8. The Morgan fingerprint density at radius 1 is 1.09 bits per heavy atom. The monoisotopic (exact) mass is 490 g/mol. The number of nitrogens with zero attached hydrogens (tertiary/aromatic N) is 3. The lowest BCUT2D eigenvalue weighted by Crippen LogP contribution is -2.39. The minimum absolute atomic E-state index is 0.0324. The largest absolute Gasteiger partial charge is 0.501 e. The van der Waals surface area contributed by atoms with Gasteiger partial charge in [-0.2, -0.15) is 13.2 Å². The van der Waals surface area contributed by atoms with Gasteiger partial charge in [-0.05, 0) is 60.9 Å². The van der Waals surface area contributed by atoms with Crippen LogP contribution in [0.1, 0.15) is 13.3 Å². The Hall–Kier alpha value is -3.67. The molecule has 1 saturated carbocycles. The van der Waals surface area contributed by atoms with Crippen LogP contribution in [-0.4, -0.2) is 36.4 Å². The van der Waals surface area contributed by atoms with Gasteiger partial charge in [0.1, 0.15) is 5.54 Å². The number of sulfone groups is 1. The van der Waals surface area contributed by atoms with E-state index in [2.05, 4.69) is 4.98 Å². The fraction of sp³-hybridized carbons (Fsp3) is 0.227. The molecule has 2 aliphatic rings. The van der Waals surface area contributed by atoms with E-state index in [1.807, 2.05) is 6.92 Å². The number of aromatic nitrogens is 1. The van der Waals surface area contributed by atoms with Crippen LogP contribution >= 0.6 is 0 Å². The van der Waals surface area contributed by atoms with Gasteiger partial charge in [0.25, 0.3) is 15.7 Å². The van der Waals surface area contributed by atoms with Crippen LogP contribution in [0, 0.1) is 5.92 Å². The van der Waals surface area contributed by atoms with Gasteiger partial charge in [-0.25, -0.2) is 18.1 Å². The average Bonchev–Trinajstić information content (AvgIpc) is 3.39. The van der Waals surface area contributed by atoms with Gasteiger partial charge in [0, 0.05) is 17.3 Å². The number of alkyl halides is 3. The molecule has 1 spiro atoms. The topological polar surface area (TPSA) is 114 Å². The smallest absolute Gasteiger partial charge is 0.399 e. The molecule has 2 fully saturated rings. The zero-order valence-corrected chi connectivity index (χ0v) is 18.4. The molecule has 1 aliphatic heterocycles. The van der Waals surface area contributed by atoms with Crippen LogP contribution in [0.4, 0.5) is 35.0 Å². The number of nitrogen functional groups attached to an aromatic ring is 1. The van der Waals surface area contributed by atoms with E-state index < -0.39 is 37.7 Å². The van der Waals surface area contributed by atoms with E-state index in [0.29, 0.717) is 28.7 Å². The van der Waals surface area contributed by atoms with Crippen LogP contribution in [0.25, 0.3) is 10.9 Å². The second-order valence-electron chi connectivity index (χ2n) is 8.34. The maximum Gasteiger partial charge on any atom is 0.501 e. The summed E-state index contributed by atoms with van der Waals surface area (Å²) in [6, 6.07) is 9.39. The minimum Gasteiger partial charge on any atom is -0.399 e. The van der Waals surface area contributed by atoms with Crippen molar-refractivity contribution in [1.29, 1.82) is 0 Å². The highest BCUT2D eigenvalue weighted by molar-refractivity contribution is 7.92. The molecule has 2 heterocycles. The van der Waals surface area contributed by atoms with Gasteiger partial charge in [0.2, 0.25) is 0 Å². The molecule has 0 bridgehead atoms. The van der Waals surface area contributed by atoms with E-state index in [9.17, 15) is 31.2 Å². The summed E-state index contributed by atoms with van der Waals surface area (Å²) in [6.07, 6.45) is 1.90. The van der Waals surface area contributed by atoms with E-state index in [1.54, 1.807) is 24.3 Å². The van der Waals surface area contributed by atoms with E-state index in [4.69, 9.17) is 5.73 Å². The van der Waals surface area contributed by atoms with Gasteiger partial charge in [0.15, 0.2) is 0 Å². The molecule has 5 rings (SSSR count). The van der Waals surface area contributed by atoms with Crippen molar-refractivity contribution in [2.75, 3.05) is 15.5 Å². The molecule has 0 radical (unpaired) electrons. The third kappa shape index (κ3) is 2.91. The molecule has 12 heteroatoms.